The molecule has 5 heterocycles. The number of benzene rings is 1. The largest absolute Gasteiger partial charge is 0.454 e. The lowest BCUT2D eigenvalue weighted by molar-refractivity contribution is -0.0402. The maximum atomic E-state index is 6.20. The van der Waals surface area contributed by atoms with Crippen molar-refractivity contribution in [3.8, 4) is 11.5 Å². The van der Waals surface area contributed by atoms with Crippen LogP contribution in [-0.4, -0.2) is 27.3 Å². The summed E-state index contributed by atoms with van der Waals surface area (Å²) in [7, 11) is 0. The second-order valence-electron chi connectivity index (χ2n) is 9.95. The average molecular weight is 494 g/mol. The van der Waals surface area contributed by atoms with Gasteiger partial charge in [0, 0.05) is 28.8 Å². The Balaban J connectivity index is 1.43. The Kier molecular flexibility index (Phi) is 5.43. The van der Waals surface area contributed by atoms with Crippen molar-refractivity contribution in [3.05, 3.63) is 46.9 Å². The van der Waals surface area contributed by atoms with Gasteiger partial charge in [0.05, 0.1) is 22.4 Å². The highest BCUT2D eigenvalue weighted by molar-refractivity contribution is 7.98. The molecule has 176 valence electrons. The first-order valence-corrected chi connectivity index (χ1v) is 13.4. The van der Waals surface area contributed by atoms with E-state index in [1.54, 1.807) is 29.4 Å². The molecule has 4 aromatic rings. The van der Waals surface area contributed by atoms with E-state index in [1.165, 1.54) is 27.8 Å². The molecule has 0 saturated carbocycles. The summed E-state index contributed by atoms with van der Waals surface area (Å²) in [6.45, 7) is 9.72. The fourth-order valence-electron chi connectivity index (χ4n) is 4.69. The van der Waals surface area contributed by atoms with Gasteiger partial charge in [-0.3, -0.25) is 0 Å². The van der Waals surface area contributed by atoms with Crippen molar-refractivity contribution in [2.24, 2.45) is 5.92 Å². The van der Waals surface area contributed by atoms with E-state index in [0.29, 0.717) is 12.5 Å². The number of pyridine rings is 1. The molecule has 34 heavy (non-hydrogen) atoms. The molecule has 1 aromatic carbocycles. The standard InChI is InChI=1S/C26H27N3O3S2/c1-14(2)7-18-17-10-32-26(3,4)9-16(17)21-22-23(34-24(21)29-18)25(28-12-27-22)33-11-15-5-6-19-20(8-15)31-13-30-19/h5-6,8,12,14H,7,9-11,13H2,1-4H3. The first kappa shape index (κ1) is 22.1. The summed E-state index contributed by atoms with van der Waals surface area (Å²) >= 11 is 3.44. The molecule has 8 heteroatoms. The number of aromatic nitrogens is 3. The monoisotopic (exact) mass is 493 g/mol. The van der Waals surface area contributed by atoms with E-state index in [-0.39, 0.29) is 12.4 Å². The Labute approximate surface area is 207 Å². The van der Waals surface area contributed by atoms with Crippen LogP contribution < -0.4 is 9.47 Å². The maximum Gasteiger partial charge on any atom is 0.231 e. The van der Waals surface area contributed by atoms with Crippen LogP contribution in [0.4, 0.5) is 0 Å². The van der Waals surface area contributed by atoms with Crippen molar-refractivity contribution in [2.75, 3.05) is 6.79 Å². The molecule has 0 spiro atoms. The molecular formula is C26H27N3O3S2. The Morgan fingerprint density at radius 2 is 1.97 bits per heavy atom. The minimum Gasteiger partial charge on any atom is -0.454 e. The third kappa shape index (κ3) is 3.91. The zero-order valence-corrected chi connectivity index (χ0v) is 21.4. The Morgan fingerprint density at radius 1 is 1.12 bits per heavy atom. The number of thioether (sulfide) groups is 1. The number of ether oxygens (including phenoxy) is 3. The first-order chi connectivity index (χ1) is 16.4. The molecule has 3 aromatic heterocycles. The Hall–Kier alpha value is -2.42. The van der Waals surface area contributed by atoms with E-state index in [0.717, 1.165) is 50.2 Å². The topological polar surface area (TPSA) is 66.4 Å². The lowest BCUT2D eigenvalue weighted by Gasteiger charge is -2.33. The maximum absolute atomic E-state index is 6.20. The molecule has 0 radical (unpaired) electrons. The summed E-state index contributed by atoms with van der Waals surface area (Å²) in [4.78, 5) is 15.6. The second kappa shape index (κ2) is 8.36. The third-order valence-electron chi connectivity index (χ3n) is 6.30. The SMILES string of the molecule is CC(C)Cc1nc2sc3c(SCc4ccc5c(c4)OCO5)ncnc3c2c2c1COC(C)(C)C2. The van der Waals surface area contributed by atoms with Gasteiger partial charge in [-0.25, -0.2) is 15.0 Å². The van der Waals surface area contributed by atoms with Gasteiger partial charge in [0.25, 0.3) is 0 Å². The number of hydrogen-bond donors (Lipinski definition) is 0. The van der Waals surface area contributed by atoms with Crippen LogP contribution in [0.2, 0.25) is 0 Å². The van der Waals surface area contributed by atoms with E-state index < -0.39 is 0 Å². The van der Waals surface area contributed by atoms with Crippen molar-refractivity contribution < 1.29 is 14.2 Å². The van der Waals surface area contributed by atoms with Gasteiger partial charge >= 0.3 is 0 Å². The van der Waals surface area contributed by atoms with Crippen molar-refractivity contribution in [1.82, 2.24) is 15.0 Å². The van der Waals surface area contributed by atoms with Gasteiger partial charge in [0.2, 0.25) is 6.79 Å². The number of hydrogen-bond acceptors (Lipinski definition) is 8. The molecule has 0 N–H and O–H groups in total. The Bertz CT molecular complexity index is 1410. The highest BCUT2D eigenvalue weighted by Gasteiger charge is 2.31. The smallest absolute Gasteiger partial charge is 0.231 e. The summed E-state index contributed by atoms with van der Waals surface area (Å²) in [5, 5.41) is 2.18. The summed E-state index contributed by atoms with van der Waals surface area (Å²) in [6, 6.07) is 6.11. The van der Waals surface area contributed by atoms with Crippen LogP contribution >= 0.6 is 23.1 Å². The average Bonchev–Trinajstić information content (AvgIpc) is 3.40. The highest BCUT2D eigenvalue weighted by atomic mass is 32.2. The summed E-state index contributed by atoms with van der Waals surface area (Å²) in [6.07, 6.45) is 3.50. The van der Waals surface area contributed by atoms with Crippen molar-refractivity contribution >= 4 is 43.5 Å². The van der Waals surface area contributed by atoms with Gasteiger partial charge < -0.3 is 14.2 Å². The zero-order valence-electron chi connectivity index (χ0n) is 19.8. The van der Waals surface area contributed by atoms with Crippen LogP contribution in [0.3, 0.4) is 0 Å². The zero-order chi connectivity index (χ0) is 23.4. The van der Waals surface area contributed by atoms with E-state index >= 15 is 0 Å². The molecule has 2 aliphatic rings. The molecule has 0 fully saturated rings. The number of nitrogens with zero attached hydrogens (tertiary/aromatic N) is 3. The van der Waals surface area contributed by atoms with Gasteiger partial charge in [-0.15, -0.1) is 23.1 Å². The van der Waals surface area contributed by atoms with E-state index in [9.17, 15) is 0 Å². The van der Waals surface area contributed by atoms with E-state index in [2.05, 4.69) is 44.8 Å². The molecule has 0 saturated heterocycles. The van der Waals surface area contributed by atoms with Gasteiger partial charge in [-0.05, 0) is 49.4 Å². The molecule has 0 bridgehead atoms. The summed E-state index contributed by atoms with van der Waals surface area (Å²) in [5.74, 6) is 2.95. The highest BCUT2D eigenvalue weighted by Crippen LogP contribution is 2.43. The van der Waals surface area contributed by atoms with Crippen LogP contribution in [0.1, 0.15) is 50.1 Å². The molecule has 2 aliphatic heterocycles. The number of thiophene rings is 1. The minimum absolute atomic E-state index is 0.200. The van der Waals surface area contributed by atoms with Crippen LogP contribution in [-0.2, 0) is 29.9 Å². The van der Waals surface area contributed by atoms with Gasteiger partial charge in [-0.1, -0.05) is 19.9 Å². The fourth-order valence-corrected chi connectivity index (χ4v) is 6.89. The molecule has 6 nitrogen and oxygen atoms in total. The van der Waals surface area contributed by atoms with E-state index in [4.69, 9.17) is 24.2 Å². The molecule has 0 amide bonds. The summed E-state index contributed by atoms with van der Waals surface area (Å²) < 4.78 is 18.3. The molecule has 0 aliphatic carbocycles. The summed E-state index contributed by atoms with van der Waals surface area (Å²) in [5.41, 5.74) is 5.77. The molecular weight excluding hydrogens is 466 g/mol. The molecule has 0 atom stereocenters. The van der Waals surface area contributed by atoms with Gasteiger partial charge in [0.1, 0.15) is 16.2 Å². The third-order valence-corrected chi connectivity index (χ3v) is 8.56. The molecule has 6 rings (SSSR count). The molecule has 0 unspecified atom stereocenters. The quantitative estimate of drug-likeness (QED) is 0.238. The van der Waals surface area contributed by atoms with Crippen LogP contribution in [0.5, 0.6) is 11.5 Å². The van der Waals surface area contributed by atoms with Crippen LogP contribution in [0, 0.1) is 5.92 Å². The number of fused-ring (bicyclic) bond motifs is 6. The van der Waals surface area contributed by atoms with Gasteiger partial charge in [0.15, 0.2) is 11.5 Å². The van der Waals surface area contributed by atoms with Crippen molar-refractivity contribution in [1.29, 1.82) is 0 Å². The number of rotatable bonds is 5. The first-order valence-electron chi connectivity index (χ1n) is 11.6. The van der Waals surface area contributed by atoms with Crippen molar-refractivity contribution in [3.63, 3.8) is 0 Å². The minimum atomic E-state index is -0.200. The van der Waals surface area contributed by atoms with Crippen molar-refractivity contribution in [2.45, 2.75) is 63.5 Å². The lowest BCUT2D eigenvalue weighted by Crippen LogP contribution is -2.33. The lowest BCUT2D eigenvalue weighted by atomic mass is 9.88. The van der Waals surface area contributed by atoms with Crippen LogP contribution in [0.15, 0.2) is 29.6 Å². The van der Waals surface area contributed by atoms with Crippen LogP contribution in [0.25, 0.3) is 20.4 Å². The normalized spacial score (nSPS) is 16.5. The Morgan fingerprint density at radius 3 is 2.82 bits per heavy atom. The fraction of sp³-hybridized carbons (Fsp3) is 0.423. The second-order valence-corrected chi connectivity index (χ2v) is 11.9. The predicted molar refractivity (Wildman–Crippen MR) is 136 cm³/mol. The van der Waals surface area contributed by atoms with Gasteiger partial charge in [-0.2, -0.15) is 0 Å². The van der Waals surface area contributed by atoms with E-state index in [1.807, 2.05) is 6.07 Å². The predicted octanol–water partition coefficient (Wildman–Crippen LogP) is 6.31.